The summed E-state index contributed by atoms with van der Waals surface area (Å²) in [5.41, 5.74) is 7.68. The molecule has 0 heterocycles. The van der Waals surface area contributed by atoms with E-state index in [4.69, 9.17) is 5.73 Å². The first-order valence-electron chi connectivity index (χ1n) is 6.48. The highest BCUT2D eigenvalue weighted by Crippen LogP contribution is 2.29. The molecule has 1 aromatic rings. The zero-order valence-electron chi connectivity index (χ0n) is 10.6. The minimum absolute atomic E-state index is 0.135. The van der Waals surface area contributed by atoms with Crippen molar-refractivity contribution in [3.8, 4) is 0 Å². The van der Waals surface area contributed by atoms with Gasteiger partial charge < -0.3 is 5.73 Å². The van der Waals surface area contributed by atoms with Gasteiger partial charge in [0.1, 0.15) is 0 Å². The summed E-state index contributed by atoms with van der Waals surface area (Å²) in [7, 11) is 0. The van der Waals surface area contributed by atoms with Crippen molar-refractivity contribution < 1.29 is 0 Å². The highest BCUT2D eigenvalue weighted by atomic mass is 14.7. The number of hydrogen-bond donors (Lipinski definition) is 1. The Morgan fingerprint density at radius 2 is 1.81 bits per heavy atom. The molecule has 2 N–H and O–H groups in total. The van der Waals surface area contributed by atoms with Gasteiger partial charge >= 0.3 is 0 Å². The zero-order valence-corrected chi connectivity index (χ0v) is 10.6. The van der Waals surface area contributed by atoms with Gasteiger partial charge in [0.25, 0.3) is 0 Å². The summed E-state index contributed by atoms with van der Waals surface area (Å²) >= 11 is 0. The second-order valence-electron chi connectivity index (χ2n) is 4.66. The Kier molecular flexibility index (Phi) is 5.54. The molecule has 0 aliphatic rings. The van der Waals surface area contributed by atoms with E-state index in [2.05, 4.69) is 26.0 Å². The lowest BCUT2D eigenvalue weighted by molar-refractivity contribution is 0.353. The van der Waals surface area contributed by atoms with Crippen molar-refractivity contribution in [1.82, 2.24) is 0 Å². The van der Waals surface area contributed by atoms with E-state index in [0.717, 1.165) is 12.8 Å². The van der Waals surface area contributed by atoms with Crippen LogP contribution in [0.3, 0.4) is 0 Å². The second-order valence-corrected chi connectivity index (χ2v) is 4.66. The quantitative estimate of drug-likeness (QED) is 0.735. The second kappa shape index (κ2) is 6.70. The van der Waals surface area contributed by atoms with Crippen LogP contribution in [0.5, 0.6) is 0 Å². The van der Waals surface area contributed by atoms with Crippen molar-refractivity contribution >= 4 is 0 Å². The molecule has 0 atom stereocenters. The lowest BCUT2D eigenvalue weighted by Gasteiger charge is -2.30. The number of rotatable bonds is 7. The smallest absolute Gasteiger partial charge is 0.0409 e. The molecular weight excluding hydrogens is 194 g/mol. The monoisotopic (exact) mass is 218 g/mol. The van der Waals surface area contributed by atoms with Gasteiger partial charge in [0.2, 0.25) is 0 Å². The zero-order chi connectivity index (χ0) is 11.9. The van der Waals surface area contributed by atoms with Gasteiger partial charge in [-0.2, -0.15) is 0 Å². The maximum atomic E-state index is 6.57. The molecule has 0 aromatic heterocycles. The third-order valence-corrected chi connectivity index (χ3v) is 3.23. The molecule has 0 unspecified atom stereocenters. The molecule has 1 nitrogen and oxygen atoms in total. The molecule has 0 spiro atoms. The molecule has 89 valence electrons. The van der Waals surface area contributed by atoms with Gasteiger partial charge in [0.05, 0.1) is 0 Å². The van der Waals surface area contributed by atoms with Crippen LogP contribution in [0.15, 0.2) is 24.3 Å². The predicted molar refractivity (Wildman–Crippen MR) is 70.2 cm³/mol. The van der Waals surface area contributed by atoms with Crippen LogP contribution >= 0.6 is 0 Å². The Balaban J connectivity index is 2.77. The molecule has 0 aliphatic carbocycles. The summed E-state index contributed by atoms with van der Waals surface area (Å²) in [6.07, 6.45) is 7.00. The van der Waals surface area contributed by atoms with Gasteiger partial charge in [-0.1, -0.05) is 57.7 Å². The molecule has 1 radical (unpaired) electrons. The summed E-state index contributed by atoms with van der Waals surface area (Å²) in [6, 6.07) is 11.3. The van der Waals surface area contributed by atoms with Crippen LogP contribution in [0.1, 0.15) is 57.9 Å². The van der Waals surface area contributed by atoms with Crippen molar-refractivity contribution in [1.29, 1.82) is 0 Å². The Morgan fingerprint density at radius 3 is 2.25 bits per heavy atom. The molecule has 0 fully saturated rings. The lowest BCUT2D eigenvalue weighted by Crippen LogP contribution is -2.36. The minimum Gasteiger partial charge on any atom is -0.321 e. The fraction of sp³-hybridized carbons (Fsp3) is 0.600. The van der Waals surface area contributed by atoms with Crippen LogP contribution in [0.4, 0.5) is 0 Å². The average molecular weight is 218 g/mol. The van der Waals surface area contributed by atoms with E-state index in [-0.39, 0.29) is 5.54 Å². The Hall–Kier alpha value is -0.820. The number of benzene rings is 1. The maximum Gasteiger partial charge on any atom is 0.0409 e. The molecular formula is C15H24N. The summed E-state index contributed by atoms with van der Waals surface area (Å²) < 4.78 is 0. The largest absolute Gasteiger partial charge is 0.321 e. The fourth-order valence-corrected chi connectivity index (χ4v) is 2.10. The fourth-order valence-electron chi connectivity index (χ4n) is 2.10. The molecule has 0 amide bonds. The topological polar surface area (TPSA) is 26.0 Å². The number of hydrogen-bond acceptors (Lipinski definition) is 1. The first-order chi connectivity index (χ1) is 7.73. The van der Waals surface area contributed by atoms with Crippen LogP contribution in [-0.4, -0.2) is 0 Å². The molecule has 0 bridgehead atoms. The highest BCUT2D eigenvalue weighted by molar-refractivity contribution is 5.23. The molecule has 0 saturated heterocycles. The van der Waals surface area contributed by atoms with E-state index in [9.17, 15) is 0 Å². The Labute approximate surface area is 100 Å². The van der Waals surface area contributed by atoms with E-state index in [1.807, 2.05) is 18.2 Å². The Bertz CT molecular complexity index is 271. The van der Waals surface area contributed by atoms with Gasteiger partial charge in [0.15, 0.2) is 0 Å². The summed E-state index contributed by atoms with van der Waals surface area (Å²) in [5, 5.41) is 0. The summed E-state index contributed by atoms with van der Waals surface area (Å²) in [5.74, 6) is 0. The third kappa shape index (κ3) is 3.64. The summed E-state index contributed by atoms with van der Waals surface area (Å²) in [6.45, 7) is 4.44. The number of unbranched alkanes of at least 4 members (excludes halogenated alkanes) is 2. The van der Waals surface area contributed by atoms with Crippen molar-refractivity contribution in [2.75, 3.05) is 0 Å². The van der Waals surface area contributed by atoms with Crippen molar-refractivity contribution in [3.63, 3.8) is 0 Å². The Morgan fingerprint density at radius 1 is 1.19 bits per heavy atom. The van der Waals surface area contributed by atoms with Gasteiger partial charge in [-0.05, 0) is 30.5 Å². The van der Waals surface area contributed by atoms with E-state index in [0.29, 0.717) is 0 Å². The standard InChI is InChI=1S/C15H24N/c1-3-5-12-15(16,13-6-4-2)14-10-8-7-9-11-14/h7-8,10-11H,3-6,12-13,16H2,1-2H3. The van der Waals surface area contributed by atoms with Crippen molar-refractivity contribution in [3.05, 3.63) is 35.9 Å². The van der Waals surface area contributed by atoms with Crippen LogP contribution in [0.2, 0.25) is 0 Å². The van der Waals surface area contributed by atoms with Gasteiger partial charge in [-0.25, -0.2) is 0 Å². The molecule has 16 heavy (non-hydrogen) atoms. The predicted octanol–water partition coefficient (Wildman–Crippen LogP) is 4.02. The van der Waals surface area contributed by atoms with E-state index >= 15 is 0 Å². The average Bonchev–Trinajstić information content (AvgIpc) is 2.35. The van der Waals surface area contributed by atoms with Crippen LogP contribution < -0.4 is 5.73 Å². The van der Waals surface area contributed by atoms with Crippen LogP contribution in [0, 0.1) is 6.07 Å². The van der Waals surface area contributed by atoms with Crippen molar-refractivity contribution in [2.24, 2.45) is 5.73 Å². The van der Waals surface area contributed by atoms with Gasteiger partial charge in [-0.15, -0.1) is 0 Å². The van der Waals surface area contributed by atoms with Gasteiger partial charge in [0, 0.05) is 5.54 Å². The molecule has 0 saturated carbocycles. The lowest BCUT2D eigenvalue weighted by atomic mass is 9.82. The summed E-state index contributed by atoms with van der Waals surface area (Å²) in [4.78, 5) is 0. The molecule has 1 rings (SSSR count). The SMILES string of the molecule is CCCCC(N)(CCCC)c1c[c]ccc1. The highest BCUT2D eigenvalue weighted by Gasteiger charge is 2.25. The molecule has 1 heteroatoms. The maximum absolute atomic E-state index is 6.57. The third-order valence-electron chi connectivity index (χ3n) is 3.23. The van der Waals surface area contributed by atoms with Crippen LogP contribution in [-0.2, 0) is 5.54 Å². The minimum atomic E-state index is -0.135. The molecule has 0 aliphatic heterocycles. The van der Waals surface area contributed by atoms with E-state index < -0.39 is 0 Å². The number of nitrogens with two attached hydrogens (primary N) is 1. The molecule has 1 aromatic carbocycles. The van der Waals surface area contributed by atoms with Crippen molar-refractivity contribution in [2.45, 2.75) is 57.9 Å². The van der Waals surface area contributed by atoms with Gasteiger partial charge in [-0.3, -0.25) is 0 Å². The van der Waals surface area contributed by atoms with E-state index in [1.165, 1.54) is 31.2 Å². The van der Waals surface area contributed by atoms with Crippen LogP contribution in [0.25, 0.3) is 0 Å². The van der Waals surface area contributed by atoms with E-state index in [1.54, 1.807) is 0 Å². The first-order valence-corrected chi connectivity index (χ1v) is 6.48. The first kappa shape index (κ1) is 13.2. The normalized spacial score (nSPS) is 11.7.